The van der Waals surface area contributed by atoms with Crippen LogP contribution in [-0.2, 0) is 19.0 Å². The highest BCUT2D eigenvalue weighted by molar-refractivity contribution is 7.80. The molecule has 62 heavy (non-hydrogen) atoms. The van der Waals surface area contributed by atoms with E-state index < -0.39 is 17.8 Å². The molecule has 366 valence electrons. The molecule has 2 rings (SSSR count). The summed E-state index contributed by atoms with van der Waals surface area (Å²) in [5.41, 5.74) is -1.51. The molecule has 10 nitrogen and oxygen atoms in total. The lowest BCUT2D eigenvalue weighted by atomic mass is 9.88. The molecule has 1 aliphatic rings. The minimum atomic E-state index is -1.51. The molecule has 0 amide bonds. The van der Waals surface area contributed by atoms with E-state index in [0.717, 1.165) is 63.4 Å². The van der Waals surface area contributed by atoms with Crippen molar-refractivity contribution >= 4 is 23.3 Å². The molecule has 0 spiro atoms. The van der Waals surface area contributed by atoms with Crippen LogP contribution in [0.15, 0.2) is 36.4 Å². The van der Waals surface area contributed by atoms with Crippen molar-refractivity contribution in [3.8, 4) is 6.07 Å². The number of thiocarbonyl (C=S) groups is 1. The summed E-state index contributed by atoms with van der Waals surface area (Å²) in [5, 5.41) is 37.9. The van der Waals surface area contributed by atoms with Gasteiger partial charge in [0, 0.05) is 26.1 Å². The van der Waals surface area contributed by atoms with Crippen molar-refractivity contribution in [3.63, 3.8) is 0 Å². The molecule has 1 fully saturated rings. The quantitative estimate of drug-likeness (QED) is 0.0448. The number of ether oxygens (including phenoxy) is 3. The van der Waals surface area contributed by atoms with Gasteiger partial charge in [0.1, 0.15) is 11.7 Å². The Morgan fingerprint density at radius 3 is 1.97 bits per heavy atom. The number of nitrogens with one attached hydrogen (secondary N) is 2. The van der Waals surface area contributed by atoms with E-state index in [9.17, 15) is 15.0 Å². The molecule has 10 atom stereocenters. The smallest absolute Gasteiger partial charge is 0.309 e. The number of benzene rings is 1. The molecule has 4 N–H and O–H groups in total. The van der Waals surface area contributed by atoms with E-state index in [2.05, 4.69) is 56.2 Å². The van der Waals surface area contributed by atoms with E-state index in [1.54, 1.807) is 6.92 Å². The molecule has 0 bridgehead atoms. The maximum absolute atomic E-state index is 13.1. The van der Waals surface area contributed by atoms with Crippen molar-refractivity contribution in [1.29, 1.82) is 5.26 Å². The van der Waals surface area contributed by atoms with Crippen LogP contribution in [0.5, 0.6) is 0 Å². The minimum Gasteiger partial charge on any atom is -0.459 e. The summed E-state index contributed by atoms with van der Waals surface area (Å²) in [6.07, 6.45) is 5.34. The molecular weight excluding hydrogens is 797 g/mol. The third-order valence-corrected chi connectivity index (χ3v) is 10.7. The Balaban J connectivity index is -0.00000104. The van der Waals surface area contributed by atoms with E-state index in [1.807, 2.05) is 106 Å². The lowest BCUT2D eigenvalue weighted by Crippen LogP contribution is -2.51. The molecule has 1 aliphatic heterocycles. The molecule has 0 radical (unpaired) electrons. The van der Waals surface area contributed by atoms with Crippen LogP contribution in [0.3, 0.4) is 0 Å². The number of esters is 1. The fourth-order valence-electron chi connectivity index (χ4n) is 7.00. The van der Waals surface area contributed by atoms with Crippen molar-refractivity contribution in [2.75, 3.05) is 32.7 Å². The summed E-state index contributed by atoms with van der Waals surface area (Å²) in [4.78, 5) is 15.2. The van der Waals surface area contributed by atoms with Crippen LogP contribution in [-0.4, -0.2) is 95.2 Å². The van der Waals surface area contributed by atoms with Crippen molar-refractivity contribution in [2.45, 2.75) is 218 Å². The first-order chi connectivity index (χ1) is 29.7. The Hall–Kier alpha value is -2.33. The Kier molecular flexibility index (Phi) is 46.9. The van der Waals surface area contributed by atoms with E-state index in [-0.39, 0.29) is 36.3 Å². The zero-order chi connectivity index (χ0) is 48.5. The monoisotopic (exact) mass is 897 g/mol. The predicted octanol–water partition coefficient (Wildman–Crippen LogP) is 11.7. The summed E-state index contributed by atoms with van der Waals surface area (Å²) in [6.45, 7) is 38.0. The Morgan fingerprint density at radius 1 is 0.919 bits per heavy atom. The first-order valence-electron chi connectivity index (χ1n) is 24.7. The van der Waals surface area contributed by atoms with Crippen molar-refractivity contribution in [3.05, 3.63) is 36.4 Å². The van der Waals surface area contributed by atoms with Gasteiger partial charge >= 0.3 is 5.97 Å². The summed E-state index contributed by atoms with van der Waals surface area (Å²) in [6, 6.07) is 14.2. The largest absolute Gasteiger partial charge is 0.459 e. The fourth-order valence-corrected chi connectivity index (χ4v) is 7.29. The third-order valence-electron chi connectivity index (χ3n) is 10.3. The van der Waals surface area contributed by atoms with Gasteiger partial charge in [0.25, 0.3) is 0 Å². The lowest BCUT2D eigenvalue weighted by Gasteiger charge is -2.37. The molecule has 0 aliphatic carbocycles. The van der Waals surface area contributed by atoms with Crippen molar-refractivity contribution < 1.29 is 29.2 Å². The maximum atomic E-state index is 13.1. The first kappa shape index (κ1) is 66.3. The molecular formula is C51H100N4O6S. The van der Waals surface area contributed by atoms with Crippen LogP contribution in [0, 0.1) is 35.0 Å². The van der Waals surface area contributed by atoms with Crippen LogP contribution >= 0.6 is 12.2 Å². The van der Waals surface area contributed by atoms with Gasteiger partial charge in [-0.2, -0.15) is 5.26 Å². The SMILES string of the molecule is CC.CC.CC.CC.CCCNC(=S)N(CCC#N)CCCNC[C@H](C)C[C@H](C)[C@@H](CCC(C)C(=O)O[C@H](CC)[C@@](C)(O)C(O)CC)OC1CC(C)CC(C)O1.c1ccccc1. The highest BCUT2D eigenvalue weighted by Crippen LogP contribution is 2.31. The summed E-state index contributed by atoms with van der Waals surface area (Å²) < 4.78 is 18.6. The number of nitrogens with zero attached hydrogens (tertiary/aromatic N) is 2. The molecule has 1 heterocycles. The van der Waals surface area contributed by atoms with E-state index in [1.165, 1.54) is 6.92 Å². The van der Waals surface area contributed by atoms with Gasteiger partial charge in [-0.15, -0.1) is 0 Å². The van der Waals surface area contributed by atoms with Crippen molar-refractivity contribution in [1.82, 2.24) is 15.5 Å². The average Bonchev–Trinajstić information content (AvgIpc) is 3.29. The normalized spacial score (nSPS) is 19.0. The van der Waals surface area contributed by atoms with E-state index in [4.69, 9.17) is 31.7 Å². The Morgan fingerprint density at radius 2 is 1.48 bits per heavy atom. The van der Waals surface area contributed by atoms with Gasteiger partial charge in [-0.25, -0.2) is 0 Å². The standard InChI is InChI=1S/C37H70N4O6S.C6H6.4C2H6/c1-10-18-40-36(48)41(20-13-17-38)21-14-19-39-25-27(5)22-29(7)31(46-34-24-26(4)23-30(8)45-34)16-15-28(6)35(43)47-33(12-3)37(9,44)32(42)11-2;1-2-4-6-5-3-1;4*1-2/h26-34,39,42,44H,10-16,18-25H2,1-9H3,(H,40,48);1-6H;4*1-2H3/t26?,27-,28?,29+,30?,31-,32?,33-,34?,37+;;;;;/m1...../s1. The molecule has 5 unspecified atom stereocenters. The molecule has 1 saturated heterocycles. The van der Waals surface area contributed by atoms with Crippen LogP contribution < -0.4 is 10.6 Å². The second-order valence-electron chi connectivity index (χ2n) is 15.7. The molecule has 0 saturated carbocycles. The molecule has 1 aromatic carbocycles. The molecule has 1 aromatic rings. The number of hydrogen-bond acceptors (Lipinski definition) is 9. The maximum Gasteiger partial charge on any atom is 0.309 e. The minimum absolute atomic E-state index is 0.0810. The number of aliphatic hydroxyl groups is 2. The number of hydrogen-bond donors (Lipinski definition) is 4. The summed E-state index contributed by atoms with van der Waals surface area (Å²) in [5.74, 6) is 0.441. The van der Waals surface area contributed by atoms with Gasteiger partial charge in [-0.1, -0.05) is 140 Å². The van der Waals surface area contributed by atoms with Gasteiger partial charge in [0.2, 0.25) is 0 Å². The Bertz CT molecular complexity index is 1140. The van der Waals surface area contributed by atoms with Crippen LogP contribution in [0.4, 0.5) is 0 Å². The zero-order valence-corrected chi connectivity index (χ0v) is 43.9. The number of rotatable bonds is 24. The number of carbonyl (C=O) groups is 1. The zero-order valence-electron chi connectivity index (χ0n) is 43.1. The summed E-state index contributed by atoms with van der Waals surface area (Å²) in [7, 11) is 0. The Labute approximate surface area is 389 Å². The third kappa shape index (κ3) is 31.5. The average molecular weight is 897 g/mol. The first-order valence-corrected chi connectivity index (χ1v) is 25.1. The highest BCUT2D eigenvalue weighted by Gasteiger charge is 2.40. The lowest BCUT2D eigenvalue weighted by molar-refractivity contribution is -0.229. The van der Waals surface area contributed by atoms with Crippen LogP contribution in [0.1, 0.15) is 182 Å². The van der Waals surface area contributed by atoms with E-state index >= 15 is 0 Å². The number of carbonyl (C=O) groups excluding carboxylic acids is 1. The fraction of sp³-hybridized carbons (Fsp3) is 0.824. The highest BCUT2D eigenvalue weighted by atomic mass is 32.1. The second-order valence-corrected chi connectivity index (χ2v) is 16.1. The molecule has 0 aromatic heterocycles. The van der Waals surface area contributed by atoms with Crippen molar-refractivity contribution in [2.24, 2.45) is 23.7 Å². The predicted molar refractivity (Wildman–Crippen MR) is 268 cm³/mol. The molecule has 11 heteroatoms. The second kappa shape index (κ2) is 43.9. The number of aliphatic hydroxyl groups excluding tert-OH is 1. The number of nitriles is 1. The van der Waals surface area contributed by atoms with Gasteiger partial charge in [-0.3, -0.25) is 4.79 Å². The van der Waals surface area contributed by atoms with Crippen LogP contribution in [0.2, 0.25) is 0 Å². The van der Waals surface area contributed by atoms with Gasteiger partial charge in [0.15, 0.2) is 11.4 Å². The van der Waals surface area contributed by atoms with Gasteiger partial charge in [0.05, 0.1) is 36.7 Å². The van der Waals surface area contributed by atoms with Gasteiger partial charge in [-0.05, 0) is 108 Å². The van der Waals surface area contributed by atoms with Crippen LogP contribution in [0.25, 0.3) is 0 Å². The van der Waals surface area contributed by atoms with E-state index in [0.29, 0.717) is 50.5 Å². The topological polar surface area (TPSA) is 136 Å². The van der Waals surface area contributed by atoms with Gasteiger partial charge < -0.3 is 40.0 Å². The summed E-state index contributed by atoms with van der Waals surface area (Å²) >= 11 is 5.54.